The van der Waals surface area contributed by atoms with Crippen LogP contribution in [0.3, 0.4) is 0 Å². The van der Waals surface area contributed by atoms with Crippen molar-refractivity contribution in [2.24, 2.45) is 0 Å². The molecule has 0 bridgehead atoms. The molecule has 13 heteroatoms. The van der Waals surface area contributed by atoms with Gasteiger partial charge in [-0.1, -0.05) is 39.0 Å². The first kappa shape index (κ1) is 46.8. The molecule has 0 aliphatic carbocycles. The third kappa shape index (κ3) is 45.8. The van der Waals surface area contributed by atoms with Gasteiger partial charge in [0.25, 0.3) is 0 Å². The summed E-state index contributed by atoms with van der Waals surface area (Å²) in [6, 6.07) is 0. The van der Waals surface area contributed by atoms with Crippen LogP contribution in [0, 0.1) is 0 Å². The van der Waals surface area contributed by atoms with E-state index in [1.54, 1.807) is 0 Å². The molecule has 284 valence electrons. The maximum atomic E-state index is 5.65. The highest BCUT2D eigenvalue weighted by molar-refractivity contribution is 6.17. The van der Waals surface area contributed by atoms with E-state index in [0.717, 1.165) is 38.4 Å². The summed E-state index contributed by atoms with van der Waals surface area (Å²) in [5.74, 6) is 0.745. The number of hydrogen-bond donors (Lipinski definition) is 0. The van der Waals surface area contributed by atoms with Crippen LogP contribution in [0.25, 0.3) is 0 Å². The molecule has 0 aromatic carbocycles. The third-order valence-corrected chi connectivity index (χ3v) is 6.67. The average Bonchev–Trinajstić information content (AvgIpc) is 3.08. The molecule has 0 fully saturated rings. The molecule has 0 amide bonds. The fourth-order valence-electron chi connectivity index (χ4n) is 3.80. The van der Waals surface area contributed by atoms with Crippen LogP contribution in [0.1, 0.15) is 58.3 Å². The SMILES string of the molecule is CCCCCCOCCOCCOCCOCCOCCOCCOCCOCCOCCOCCOCCOCCCCCCCl. The summed E-state index contributed by atoms with van der Waals surface area (Å²) in [7, 11) is 0. The van der Waals surface area contributed by atoms with Crippen LogP contribution in [0.15, 0.2) is 0 Å². The van der Waals surface area contributed by atoms with Gasteiger partial charge in [0, 0.05) is 19.1 Å². The topological polar surface area (TPSA) is 111 Å². The lowest BCUT2D eigenvalue weighted by Crippen LogP contribution is -2.15. The lowest BCUT2D eigenvalue weighted by atomic mass is 10.2. The minimum atomic E-state index is 0.518. The number of halogens is 1. The maximum absolute atomic E-state index is 5.65. The smallest absolute Gasteiger partial charge is 0.0701 e. The molecular weight excluding hydrogens is 636 g/mol. The Morgan fingerprint density at radius 1 is 0.234 bits per heavy atom. The number of alkyl halides is 1. The Morgan fingerprint density at radius 2 is 0.426 bits per heavy atom. The van der Waals surface area contributed by atoms with E-state index < -0.39 is 0 Å². The van der Waals surface area contributed by atoms with Crippen molar-refractivity contribution >= 4 is 11.6 Å². The Balaban J connectivity index is 3.03. The van der Waals surface area contributed by atoms with Crippen molar-refractivity contribution in [3.8, 4) is 0 Å². The molecule has 0 saturated carbocycles. The lowest BCUT2D eigenvalue weighted by Gasteiger charge is -2.09. The van der Waals surface area contributed by atoms with E-state index in [9.17, 15) is 0 Å². The summed E-state index contributed by atoms with van der Waals surface area (Å²) in [5.41, 5.74) is 0. The van der Waals surface area contributed by atoms with Crippen LogP contribution in [0.4, 0.5) is 0 Å². The minimum absolute atomic E-state index is 0.518. The summed E-state index contributed by atoms with van der Waals surface area (Å²) < 4.78 is 65.9. The Morgan fingerprint density at radius 3 is 0.638 bits per heavy atom. The first-order valence-electron chi connectivity index (χ1n) is 17.9. The van der Waals surface area contributed by atoms with Crippen molar-refractivity contribution in [1.29, 1.82) is 0 Å². The largest absolute Gasteiger partial charge is 0.379 e. The molecule has 0 spiro atoms. The lowest BCUT2D eigenvalue weighted by molar-refractivity contribution is -0.0284. The van der Waals surface area contributed by atoms with Gasteiger partial charge in [-0.05, 0) is 19.3 Å². The first-order chi connectivity index (χ1) is 23.4. The zero-order valence-corrected chi connectivity index (χ0v) is 30.4. The van der Waals surface area contributed by atoms with Gasteiger partial charge in [0.05, 0.1) is 145 Å². The normalized spacial score (nSPS) is 11.6. The molecule has 0 unspecified atom stereocenters. The van der Waals surface area contributed by atoms with Crippen LogP contribution >= 0.6 is 11.6 Å². The highest BCUT2D eigenvalue weighted by Gasteiger charge is 1.97. The predicted molar refractivity (Wildman–Crippen MR) is 183 cm³/mol. The van der Waals surface area contributed by atoms with Crippen molar-refractivity contribution in [1.82, 2.24) is 0 Å². The molecule has 0 radical (unpaired) electrons. The molecular formula is C34H69ClO12. The highest BCUT2D eigenvalue weighted by Crippen LogP contribution is 2.01. The average molecular weight is 705 g/mol. The van der Waals surface area contributed by atoms with Crippen molar-refractivity contribution in [2.75, 3.05) is 164 Å². The second-order valence-electron chi connectivity index (χ2n) is 10.5. The van der Waals surface area contributed by atoms with E-state index in [0.29, 0.717) is 145 Å². The van der Waals surface area contributed by atoms with E-state index in [1.165, 1.54) is 32.1 Å². The molecule has 0 rings (SSSR count). The Hall–Kier alpha value is -0.190. The second-order valence-corrected chi connectivity index (χ2v) is 10.9. The monoisotopic (exact) mass is 704 g/mol. The molecule has 0 aliphatic rings. The van der Waals surface area contributed by atoms with Crippen molar-refractivity contribution in [3.63, 3.8) is 0 Å². The fraction of sp³-hybridized carbons (Fsp3) is 1.00. The van der Waals surface area contributed by atoms with Gasteiger partial charge in [0.15, 0.2) is 0 Å². The van der Waals surface area contributed by atoms with Crippen LogP contribution in [-0.2, 0) is 56.8 Å². The van der Waals surface area contributed by atoms with E-state index in [-0.39, 0.29) is 0 Å². The minimum Gasteiger partial charge on any atom is -0.379 e. The Kier molecular flexibility index (Phi) is 45.6. The van der Waals surface area contributed by atoms with Crippen molar-refractivity contribution in [3.05, 3.63) is 0 Å². The van der Waals surface area contributed by atoms with Gasteiger partial charge in [0.2, 0.25) is 0 Å². The fourth-order valence-corrected chi connectivity index (χ4v) is 3.99. The summed E-state index contributed by atoms with van der Waals surface area (Å²) in [6.45, 7) is 15.9. The van der Waals surface area contributed by atoms with Gasteiger partial charge in [-0.2, -0.15) is 0 Å². The van der Waals surface area contributed by atoms with E-state index in [4.69, 9.17) is 68.4 Å². The molecule has 12 nitrogen and oxygen atoms in total. The standard InChI is InChI=1S/C34H69ClO12/c1-2-3-4-8-11-36-13-15-38-17-19-40-21-23-42-25-27-44-29-31-46-33-34-47-32-30-45-28-26-43-24-22-41-20-18-39-16-14-37-12-9-6-5-7-10-35/h2-34H2,1H3. The van der Waals surface area contributed by atoms with Gasteiger partial charge in [0.1, 0.15) is 0 Å². The van der Waals surface area contributed by atoms with Crippen molar-refractivity contribution < 1.29 is 56.8 Å². The quantitative estimate of drug-likeness (QED) is 0.0655. The Bertz CT molecular complexity index is 495. The van der Waals surface area contributed by atoms with E-state index >= 15 is 0 Å². The third-order valence-electron chi connectivity index (χ3n) is 6.41. The molecule has 0 heterocycles. The summed E-state index contributed by atoms with van der Waals surface area (Å²) in [4.78, 5) is 0. The number of unbranched alkanes of at least 4 members (excludes halogenated alkanes) is 6. The number of ether oxygens (including phenoxy) is 12. The van der Waals surface area contributed by atoms with Crippen molar-refractivity contribution in [2.45, 2.75) is 58.3 Å². The van der Waals surface area contributed by atoms with Gasteiger partial charge in [-0.15, -0.1) is 11.6 Å². The molecule has 0 atom stereocenters. The van der Waals surface area contributed by atoms with Gasteiger partial charge in [-0.3, -0.25) is 0 Å². The molecule has 0 saturated heterocycles. The zero-order chi connectivity index (χ0) is 33.8. The molecule has 0 aliphatic heterocycles. The summed E-state index contributed by atoms with van der Waals surface area (Å²) in [5, 5.41) is 0. The van der Waals surface area contributed by atoms with Gasteiger partial charge >= 0.3 is 0 Å². The summed E-state index contributed by atoms with van der Waals surface area (Å²) in [6.07, 6.45) is 9.40. The van der Waals surface area contributed by atoms with E-state index in [1.807, 2.05) is 0 Å². The zero-order valence-electron chi connectivity index (χ0n) is 29.6. The van der Waals surface area contributed by atoms with E-state index in [2.05, 4.69) is 6.92 Å². The Labute approximate surface area is 290 Å². The number of rotatable bonds is 44. The maximum Gasteiger partial charge on any atom is 0.0701 e. The van der Waals surface area contributed by atoms with Gasteiger partial charge in [-0.25, -0.2) is 0 Å². The summed E-state index contributed by atoms with van der Waals surface area (Å²) >= 11 is 5.65. The van der Waals surface area contributed by atoms with Gasteiger partial charge < -0.3 is 56.8 Å². The number of hydrogen-bond acceptors (Lipinski definition) is 12. The predicted octanol–water partition coefficient (Wildman–Crippen LogP) is 4.57. The molecule has 0 aromatic rings. The highest BCUT2D eigenvalue weighted by atomic mass is 35.5. The second kappa shape index (κ2) is 45.8. The molecule has 0 aromatic heterocycles. The molecule has 0 N–H and O–H groups in total. The first-order valence-corrected chi connectivity index (χ1v) is 18.4. The van der Waals surface area contributed by atoms with Crippen LogP contribution in [-0.4, -0.2) is 164 Å². The van der Waals surface area contributed by atoms with Crippen LogP contribution in [0.5, 0.6) is 0 Å². The molecule has 47 heavy (non-hydrogen) atoms. The van der Waals surface area contributed by atoms with Crippen LogP contribution in [0.2, 0.25) is 0 Å². The van der Waals surface area contributed by atoms with Crippen LogP contribution < -0.4 is 0 Å².